The molecule has 1 rings (SSSR count). The van der Waals surface area contributed by atoms with Crippen LogP contribution in [0.15, 0.2) is 48.6 Å². The molecule has 6 atom stereocenters. The van der Waals surface area contributed by atoms with E-state index in [0.29, 0.717) is 12.8 Å². The number of unbranched alkanes of at least 4 members (excludes halogenated alkanes) is 24. The summed E-state index contributed by atoms with van der Waals surface area (Å²) in [6.07, 6.45) is 43.2. The highest BCUT2D eigenvalue weighted by molar-refractivity contribution is 7.85. The van der Waals surface area contributed by atoms with E-state index in [4.69, 9.17) is 18.9 Å². The van der Waals surface area contributed by atoms with Crippen molar-refractivity contribution >= 4 is 22.1 Å². The minimum atomic E-state index is -4.61. The SMILES string of the molecule is CCCCC/C=C/C/C=C/C/C=C/CCCCC(=O)O[C@H](COC(=O)CCC/C=C/CCCCCCCCCCCCCCCCCCCC)CO[C@H]1O[C@H](CS(=O)(=O)O)[C@@H](O)C(O)C1O. The smallest absolute Gasteiger partial charge is 0.306 e. The molecular weight excluding hydrogens is 861 g/mol. The molecule has 384 valence electrons. The maximum Gasteiger partial charge on any atom is 0.306 e. The molecule has 0 saturated carbocycles. The first kappa shape index (κ1) is 61.6. The highest BCUT2D eigenvalue weighted by atomic mass is 32.2. The van der Waals surface area contributed by atoms with Crippen LogP contribution in [0.4, 0.5) is 0 Å². The Kier molecular flexibility index (Phi) is 39.9. The van der Waals surface area contributed by atoms with Gasteiger partial charge < -0.3 is 34.3 Å². The van der Waals surface area contributed by atoms with E-state index in [1.165, 1.54) is 128 Å². The third-order valence-corrected chi connectivity index (χ3v) is 12.6. The lowest BCUT2D eigenvalue weighted by atomic mass is 10.00. The maximum atomic E-state index is 12.8. The molecular formula is C53H94O12S. The Balaban J connectivity index is 2.37. The lowest BCUT2D eigenvalue weighted by molar-refractivity contribution is -0.297. The van der Waals surface area contributed by atoms with Crippen LogP contribution >= 0.6 is 0 Å². The standard InChI is InChI=1S/C53H94O12S/c1-3-5-7-9-11-13-15-17-19-20-21-22-23-24-25-26-28-29-31-33-35-37-39-41-48(54)62-43-46(44-63-53-52(58)51(57)50(56)47(65-53)45-66(59,60)61)64-49(55)42-40-38-36-34-32-30-27-18-16-14-12-10-8-6-4-2/h12,14,18,27,32-35,46-47,50-53,56-58H,3-11,13,15-17,19-26,28-31,36-45H2,1-2H3,(H,59,60,61)/b14-12+,27-18+,34-32+,35-33+/t46-,47-,50-,51?,52?,53+/m1/s1. The Hall–Kier alpha value is -2.39. The molecule has 2 unspecified atom stereocenters. The second-order valence-electron chi connectivity index (χ2n) is 18.2. The van der Waals surface area contributed by atoms with Gasteiger partial charge in [0.2, 0.25) is 0 Å². The molecule has 12 nitrogen and oxygen atoms in total. The summed E-state index contributed by atoms with van der Waals surface area (Å²) >= 11 is 0. The van der Waals surface area contributed by atoms with Gasteiger partial charge in [0, 0.05) is 12.8 Å². The first-order valence-corrected chi connectivity index (χ1v) is 27.8. The van der Waals surface area contributed by atoms with Gasteiger partial charge in [0.05, 0.1) is 6.61 Å². The minimum absolute atomic E-state index is 0.110. The van der Waals surface area contributed by atoms with Gasteiger partial charge in [0.25, 0.3) is 10.1 Å². The average molecular weight is 955 g/mol. The third kappa shape index (κ3) is 36.6. The lowest BCUT2D eigenvalue weighted by Crippen LogP contribution is -2.60. The summed E-state index contributed by atoms with van der Waals surface area (Å²) in [5.41, 5.74) is 0. The van der Waals surface area contributed by atoms with E-state index < -0.39 is 71.2 Å². The van der Waals surface area contributed by atoms with Gasteiger partial charge >= 0.3 is 11.9 Å². The molecule has 0 bridgehead atoms. The van der Waals surface area contributed by atoms with Crippen molar-refractivity contribution in [3.05, 3.63) is 48.6 Å². The van der Waals surface area contributed by atoms with Crippen molar-refractivity contribution < 1.29 is 56.8 Å². The average Bonchev–Trinajstić information content (AvgIpc) is 3.28. The van der Waals surface area contributed by atoms with Crippen LogP contribution in [-0.2, 0) is 38.7 Å². The normalized spacial score (nSPS) is 19.8. The van der Waals surface area contributed by atoms with Crippen molar-refractivity contribution in [1.82, 2.24) is 0 Å². The van der Waals surface area contributed by atoms with Crippen LogP contribution < -0.4 is 0 Å². The fourth-order valence-corrected chi connectivity index (χ4v) is 8.50. The molecule has 13 heteroatoms. The van der Waals surface area contributed by atoms with Gasteiger partial charge in [-0.2, -0.15) is 8.42 Å². The number of hydrogen-bond acceptors (Lipinski definition) is 11. The zero-order valence-electron chi connectivity index (χ0n) is 41.3. The predicted octanol–water partition coefficient (Wildman–Crippen LogP) is 11.9. The van der Waals surface area contributed by atoms with Crippen molar-refractivity contribution in [3.8, 4) is 0 Å². The number of aliphatic hydroxyl groups is 3. The van der Waals surface area contributed by atoms with Crippen molar-refractivity contribution in [2.75, 3.05) is 19.0 Å². The van der Waals surface area contributed by atoms with E-state index in [9.17, 15) is 37.9 Å². The van der Waals surface area contributed by atoms with Crippen molar-refractivity contribution in [3.63, 3.8) is 0 Å². The Morgan fingerprint density at radius 3 is 1.44 bits per heavy atom. The highest BCUT2D eigenvalue weighted by Crippen LogP contribution is 2.24. The second kappa shape index (κ2) is 42.7. The van der Waals surface area contributed by atoms with Crippen LogP contribution in [0, 0.1) is 0 Å². The van der Waals surface area contributed by atoms with Gasteiger partial charge in [-0.15, -0.1) is 0 Å². The molecule has 4 N–H and O–H groups in total. The van der Waals surface area contributed by atoms with Crippen molar-refractivity contribution in [2.45, 2.75) is 256 Å². The van der Waals surface area contributed by atoms with Crippen molar-refractivity contribution in [2.24, 2.45) is 0 Å². The Morgan fingerprint density at radius 1 is 0.515 bits per heavy atom. The molecule has 0 aromatic heterocycles. The van der Waals surface area contributed by atoms with Gasteiger partial charge in [-0.3, -0.25) is 14.1 Å². The van der Waals surface area contributed by atoms with Crippen molar-refractivity contribution in [1.29, 1.82) is 0 Å². The van der Waals surface area contributed by atoms with Crippen LogP contribution in [0.3, 0.4) is 0 Å². The quantitative estimate of drug-likeness (QED) is 0.0196. The van der Waals surface area contributed by atoms with E-state index in [-0.39, 0.29) is 19.4 Å². The first-order valence-electron chi connectivity index (χ1n) is 26.2. The molecule has 1 aliphatic heterocycles. The maximum absolute atomic E-state index is 12.8. The van der Waals surface area contributed by atoms with Gasteiger partial charge in [-0.1, -0.05) is 184 Å². The number of aliphatic hydroxyl groups excluding tert-OH is 3. The second-order valence-corrected chi connectivity index (χ2v) is 19.7. The topological polar surface area (TPSA) is 186 Å². The van der Waals surface area contributed by atoms with E-state index >= 15 is 0 Å². The summed E-state index contributed by atoms with van der Waals surface area (Å²) < 4.78 is 54.1. The molecule has 1 fully saturated rings. The Morgan fingerprint density at radius 2 is 0.924 bits per heavy atom. The van der Waals surface area contributed by atoms with Crippen LogP contribution in [0.1, 0.15) is 219 Å². The monoisotopic (exact) mass is 955 g/mol. The lowest BCUT2D eigenvalue weighted by Gasteiger charge is -2.40. The fourth-order valence-electron chi connectivity index (χ4n) is 7.81. The Bertz CT molecular complexity index is 1400. The molecule has 1 heterocycles. The Labute approximate surface area is 401 Å². The zero-order valence-corrected chi connectivity index (χ0v) is 42.1. The molecule has 0 aromatic rings. The van der Waals surface area contributed by atoms with E-state index in [2.05, 4.69) is 62.5 Å². The molecule has 66 heavy (non-hydrogen) atoms. The summed E-state index contributed by atoms with van der Waals surface area (Å²) in [6.45, 7) is 3.70. The number of allylic oxidation sites excluding steroid dienone is 8. The number of esters is 2. The summed E-state index contributed by atoms with van der Waals surface area (Å²) in [7, 11) is -4.61. The summed E-state index contributed by atoms with van der Waals surface area (Å²) in [5.74, 6) is -2.07. The third-order valence-electron chi connectivity index (χ3n) is 11.9. The van der Waals surface area contributed by atoms with Gasteiger partial charge in [0.1, 0.15) is 36.8 Å². The number of carbonyl (C=O) groups excluding carboxylic acids is 2. The molecule has 1 saturated heterocycles. The van der Waals surface area contributed by atoms with Crippen LogP contribution in [0.5, 0.6) is 0 Å². The van der Waals surface area contributed by atoms with Gasteiger partial charge in [-0.05, 0) is 70.6 Å². The molecule has 1 aliphatic rings. The predicted molar refractivity (Wildman–Crippen MR) is 266 cm³/mol. The van der Waals surface area contributed by atoms with Gasteiger partial charge in [0.15, 0.2) is 12.4 Å². The number of ether oxygens (including phenoxy) is 4. The van der Waals surface area contributed by atoms with E-state index in [1.807, 2.05) is 0 Å². The number of hydrogen-bond donors (Lipinski definition) is 4. The molecule has 0 spiro atoms. The zero-order chi connectivity index (χ0) is 48.4. The molecule has 0 radical (unpaired) electrons. The fraction of sp³-hybridized carbons (Fsp3) is 0.811. The van der Waals surface area contributed by atoms with E-state index in [0.717, 1.165) is 51.4 Å². The summed E-state index contributed by atoms with van der Waals surface area (Å²) in [6, 6.07) is 0. The van der Waals surface area contributed by atoms with Crippen LogP contribution in [0.25, 0.3) is 0 Å². The summed E-state index contributed by atoms with van der Waals surface area (Å²) in [5, 5.41) is 30.9. The first-order chi connectivity index (χ1) is 32.0. The number of carbonyl (C=O) groups is 2. The molecule has 0 aromatic carbocycles. The largest absolute Gasteiger partial charge is 0.462 e. The summed E-state index contributed by atoms with van der Waals surface area (Å²) in [4.78, 5) is 25.5. The van der Waals surface area contributed by atoms with Gasteiger partial charge in [-0.25, -0.2) is 0 Å². The molecule has 0 aliphatic carbocycles. The van der Waals surface area contributed by atoms with E-state index in [1.54, 1.807) is 0 Å². The highest BCUT2D eigenvalue weighted by Gasteiger charge is 2.46. The minimum Gasteiger partial charge on any atom is -0.462 e. The van der Waals surface area contributed by atoms with Crippen LogP contribution in [0.2, 0.25) is 0 Å². The molecule has 0 amide bonds. The number of rotatable bonds is 44. The van der Waals surface area contributed by atoms with Crippen LogP contribution in [-0.4, -0.2) is 96.0 Å².